The lowest BCUT2D eigenvalue weighted by atomic mass is 9.76. The first-order valence-electron chi connectivity index (χ1n) is 8.04. The molecule has 0 bridgehead atoms. The first-order chi connectivity index (χ1) is 10.6. The molecule has 2 heterocycles. The van der Waals surface area contributed by atoms with Crippen molar-refractivity contribution in [1.29, 1.82) is 0 Å². The van der Waals surface area contributed by atoms with Gasteiger partial charge in [-0.2, -0.15) is 0 Å². The van der Waals surface area contributed by atoms with Crippen molar-refractivity contribution in [2.45, 2.75) is 32.1 Å². The first kappa shape index (κ1) is 15.0. The predicted octanol–water partition coefficient (Wildman–Crippen LogP) is 1.39. The molecule has 2 amide bonds. The summed E-state index contributed by atoms with van der Waals surface area (Å²) in [7, 11) is 1.70. The van der Waals surface area contributed by atoms with Gasteiger partial charge in [0.25, 0.3) is 0 Å². The van der Waals surface area contributed by atoms with Gasteiger partial charge in [0.1, 0.15) is 0 Å². The molecule has 5 heteroatoms. The van der Waals surface area contributed by atoms with Crippen molar-refractivity contribution in [3.63, 3.8) is 0 Å². The van der Waals surface area contributed by atoms with Crippen LogP contribution < -0.4 is 5.32 Å². The number of carbonyl (C=O) groups is 2. The highest BCUT2D eigenvalue weighted by molar-refractivity contribution is 5.81. The number of carbonyl (C=O) groups excluding carboxylic acids is 2. The van der Waals surface area contributed by atoms with E-state index in [-0.39, 0.29) is 23.1 Å². The molecule has 22 heavy (non-hydrogen) atoms. The van der Waals surface area contributed by atoms with Crippen molar-refractivity contribution in [2.24, 2.45) is 11.3 Å². The van der Waals surface area contributed by atoms with E-state index < -0.39 is 0 Å². The monoisotopic (exact) mass is 301 g/mol. The van der Waals surface area contributed by atoms with Crippen LogP contribution in [0.1, 0.15) is 31.4 Å². The van der Waals surface area contributed by atoms with Crippen LogP contribution in [0.15, 0.2) is 24.4 Å². The quantitative estimate of drug-likeness (QED) is 0.917. The Kier molecular flexibility index (Phi) is 4.14. The molecule has 0 radical (unpaired) electrons. The Labute approximate surface area is 131 Å². The van der Waals surface area contributed by atoms with Crippen LogP contribution in [0.2, 0.25) is 0 Å². The van der Waals surface area contributed by atoms with Gasteiger partial charge in [-0.1, -0.05) is 12.5 Å². The van der Waals surface area contributed by atoms with Gasteiger partial charge >= 0.3 is 0 Å². The lowest BCUT2D eigenvalue weighted by molar-refractivity contribution is -0.132. The number of hydrogen-bond acceptors (Lipinski definition) is 3. The zero-order valence-electron chi connectivity index (χ0n) is 13.0. The second-order valence-corrected chi connectivity index (χ2v) is 6.48. The minimum atomic E-state index is -0.000129. The molecule has 1 aromatic rings. The topological polar surface area (TPSA) is 62.3 Å². The van der Waals surface area contributed by atoms with Gasteiger partial charge in [-0.05, 0) is 31.4 Å². The molecule has 1 aliphatic heterocycles. The van der Waals surface area contributed by atoms with Crippen molar-refractivity contribution in [3.8, 4) is 0 Å². The maximum absolute atomic E-state index is 12.5. The van der Waals surface area contributed by atoms with Gasteiger partial charge in [0, 0.05) is 43.4 Å². The van der Waals surface area contributed by atoms with Crippen LogP contribution in [0.3, 0.4) is 0 Å². The second kappa shape index (κ2) is 6.07. The standard InChI is InChI=1S/C17H23N3O2/c1-18-16(22)14-6-4-7-17(14)8-10-20(12-17)15(21)11-13-5-2-3-9-19-13/h2-3,5,9,14H,4,6-8,10-12H2,1H3,(H,18,22)/t14-,17+/m1/s1. The molecule has 1 N–H and O–H groups in total. The van der Waals surface area contributed by atoms with E-state index in [4.69, 9.17) is 0 Å². The van der Waals surface area contributed by atoms with Crippen molar-refractivity contribution in [2.75, 3.05) is 20.1 Å². The molecular weight excluding hydrogens is 278 g/mol. The van der Waals surface area contributed by atoms with E-state index in [9.17, 15) is 9.59 Å². The maximum atomic E-state index is 12.5. The number of aromatic nitrogens is 1. The Bertz CT molecular complexity index is 560. The normalized spacial score (nSPS) is 27.3. The van der Waals surface area contributed by atoms with Gasteiger partial charge in [-0.3, -0.25) is 14.6 Å². The Balaban J connectivity index is 1.66. The molecule has 118 valence electrons. The Morgan fingerprint density at radius 2 is 2.27 bits per heavy atom. The van der Waals surface area contributed by atoms with E-state index >= 15 is 0 Å². The average Bonchev–Trinajstić information content (AvgIpc) is 3.15. The molecule has 2 atom stereocenters. The van der Waals surface area contributed by atoms with Gasteiger partial charge in [0.05, 0.1) is 6.42 Å². The fraction of sp³-hybridized carbons (Fsp3) is 0.588. The minimum absolute atomic E-state index is 0.000129. The van der Waals surface area contributed by atoms with Gasteiger partial charge in [0.2, 0.25) is 11.8 Å². The number of amides is 2. The van der Waals surface area contributed by atoms with Crippen molar-refractivity contribution in [3.05, 3.63) is 30.1 Å². The summed E-state index contributed by atoms with van der Waals surface area (Å²) in [6, 6.07) is 5.64. The molecule has 0 aromatic carbocycles. The minimum Gasteiger partial charge on any atom is -0.359 e. The molecular formula is C17H23N3O2. The number of nitrogens with zero attached hydrogens (tertiary/aromatic N) is 2. The van der Waals surface area contributed by atoms with Crippen LogP contribution in [0.4, 0.5) is 0 Å². The number of rotatable bonds is 3. The van der Waals surface area contributed by atoms with E-state index in [1.807, 2.05) is 23.1 Å². The summed E-state index contributed by atoms with van der Waals surface area (Å²) in [6.45, 7) is 1.48. The third kappa shape index (κ3) is 2.72. The molecule has 5 nitrogen and oxygen atoms in total. The Hall–Kier alpha value is -1.91. The van der Waals surface area contributed by atoms with Crippen molar-refractivity contribution < 1.29 is 9.59 Å². The van der Waals surface area contributed by atoms with Crippen LogP contribution in [0.25, 0.3) is 0 Å². The summed E-state index contributed by atoms with van der Waals surface area (Å²) in [4.78, 5) is 30.8. The molecule has 1 aliphatic carbocycles. The highest BCUT2D eigenvalue weighted by Gasteiger charge is 2.50. The van der Waals surface area contributed by atoms with E-state index in [0.29, 0.717) is 6.42 Å². The largest absolute Gasteiger partial charge is 0.359 e. The molecule has 0 unspecified atom stereocenters. The summed E-state index contributed by atoms with van der Waals surface area (Å²) >= 11 is 0. The predicted molar refractivity (Wildman–Crippen MR) is 83.0 cm³/mol. The fourth-order valence-corrected chi connectivity index (χ4v) is 4.09. The second-order valence-electron chi connectivity index (χ2n) is 6.48. The smallest absolute Gasteiger partial charge is 0.228 e. The zero-order valence-corrected chi connectivity index (χ0v) is 13.0. The Morgan fingerprint density at radius 1 is 1.41 bits per heavy atom. The summed E-state index contributed by atoms with van der Waals surface area (Å²) in [5.74, 6) is 0.319. The van der Waals surface area contributed by atoms with Crippen LogP contribution in [-0.4, -0.2) is 41.8 Å². The molecule has 3 rings (SSSR count). The SMILES string of the molecule is CNC(=O)[C@H]1CCC[C@@]12CCN(C(=O)Cc1ccccn1)C2. The maximum Gasteiger partial charge on any atom is 0.228 e. The molecule has 1 spiro atoms. The molecule has 1 aromatic heterocycles. The molecule has 2 fully saturated rings. The third-order valence-corrected chi connectivity index (χ3v) is 5.27. The number of hydrogen-bond donors (Lipinski definition) is 1. The highest BCUT2D eigenvalue weighted by atomic mass is 16.2. The molecule has 1 saturated heterocycles. The van der Waals surface area contributed by atoms with Crippen LogP contribution in [0, 0.1) is 11.3 Å². The van der Waals surface area contributed by atoms with Crippen molar-refractivity contribution in [1.82, 2.24) is 15.2 Å². The van der Waals surface area contributed by atoms with Gasteiger partial charge < -0.3 is 10.2 Å². The van der Waals surface area contributed by atoms with E-state index in [1.165, 1.54) is 0 Å². The number of likely N-dealkylation sites (tertiary alicyclic amines) is 1. The third-order valence-electron chi connectivity index (χ3n) is 5.27. The van der Waals surface area contributed by atoms with Gasteiger partial charge in [-0.25, -0.2) is 0 Å². The van der Waals surface area contributed by atoms with Crippen LogP contribution >= 0.6 is 0 Å². The average molecular weight is 301 g/mol. The van der Waals surface area contributed by atoms with E-state index in [2.05, 4.69) is 10.3 Å². The number of pyridine rings is 1. The zero-order chi connectivity index (χ0) is 15.6. The summed E-state index contributed by atoms with van der Waals surface area (Å²) in [5.41, 5.74) is 0.808. The Morgan fingerprint density at radius 3 is 3.00 bits per heavy atom. The van der Waals surface area contributed by atoms with Gasteiger partial charge in [0.15, 0.2) is 0 Å². The van der Waals surface area contributed by atoms with Gasteiger partial charge in [-0.15, -0.1) is 0 Å². The van der Waals surface area contributed by atoms with E-state index in [1.54, 1.807) is 13.2 Å². The lowest BCUT2D eigenvalue weighted by Crippen LogP contribution is -2.40. The molecule has 1 saturated carbocycles. The molecule has 2 aliphatic rings. The highest BCUT2D eigenvalue weighted by Crippen LogP contribution is 2.49. The summed E-state index contributed by atoms with van der Waals surface area (Å²) in [6.07, 6.45) is 6.09. The van der Waals surface area contributed by atoms with Crippen molar-refractivity contribution >= 4 is 11.8 Å². The van der Waals surface area contributed by atoms with Crippen LogP contribution in [-0.2, 0) is 16.0 Å². The lowest BCUT2D eigenvalue weighted by Gasteiger charge is -2.30. The summed E-state index contributed by atoms with van der Waals surface area (Å²) < 4.78 is 0. The van der Waals surface area contributed by atoms with E-state index in [0.717, 1.165) is 44.5 Å². The fourth-order valence-electron chi connectivity index (χ4n) is 4.09. The number of nitrogens with one attached hydrogen (secondary N) is 1. The summed E-state index contributed by atoms with van der Waals surface area (Å²) in [5, 5.41) is 2.79. The van der Waals surface area contributed by atoms with Crippen LogP contribution in [0.5, 0.6) is 0 Å². The first-order valence-corrected chi connectivity index (χ1v) is 8.04.